The van der Waals surface area contributed by atoms with Crippen molar-refractivity contribution in [2.45, 2.75) is 20.0 Å². The molecule has 0 N–H and O–H groups in total. The Labute approximate surface area is 138 Å². The smallest absolute Gasteiger partial charge is 0.258 e. The Kier molecular flexibility index (Phi) is 4.83. The Morgan fingerprint density at radius 2 is 2.18 bits per heavy atom. The van der Waals surface area contributed by atoms with Gasteiger partial charge in [0.05, 0.1) is 4.92 Å². The van der Waals surface area contributed by atoms with Crippen LogP contribution in [0.2, 0.25) is 5.15 Å². The van der Waals surface area contributed by atoms with Crippen LogP contribution >= 0.6 is 24.0 Å². The van der Waals surface area contributed by atoms with E-state index in [1.165, 1.54) is 0 Å². The van der Waals surface area contributed by atoms with Gasteiger partial charge in [-0.2, -0.15) is 0 Å². The highest BCUT2D eigenvalue weighted by Gasteiger charge is 2.37. The van der Waals surface area contributed by atoms with E-state index in [0.717, 1.165) is 24.3 Å². The Hall–Kier alpha value is -1.92. The van der Waals surface area contributed by atoms with E-state index in [4.69, 9.17) is 11.6 Å². The van der Waals surface area contributed by atoms with Crippen molar-refractivity contribution in [3.05, 3.63) is 57.0 Å². The summed E-state index contributed by atoms with van der Waals surface area (Å²) >= 11 is 5.78. The van der Waals surface area contributed by atoms with Crippen molar-refractivity contribution in [1.82, 2.24) is 4.98 Å². The number of hydrogen-bond acceptors (Lipinski definition) is 4. The summed E-state index contributed by atoms with van der Waals surface area (Å²) in [5.41, 5.74) is 2.14. The number of rotatable bonds is 3. The first-order chi connectivity index (χ1) is 10.1. The van der Waals surface area contributed by atoms with E-state index in [1.54, 1.807) is 24.4 Å². The SMILES string of the molecule is Cc1ccc([N+](=O)[O-])c2[n+]1CCN2Cc1ccc(Cl)nc1.Cl. The zero-order valence-electron chi connectivity index (χ0n) is 11.9. The summed E-state index contributed by atoms with van der Waals surface area (Å²) in [4.78, 5) is 17.0. The summed E-state index contributed by atoms with van der Waals surface area (Å²) in [7, 11) is 0. The predicted molar refractivity (Wildman–Crippen MR) is 85.6 cm³/mol. The fourth-order valence-electron chi connectivity index (χ4n) is 2.63. The summed E-state index contributed by atoms with van der Waals surface area (Å²) in [6.07, 6.45) is 1.70. The van der Waals surface area contributed by atoms with Gasteiger partial charge >= 0.3 is 11.5 Å². The molecule has 22 heavy (non-hydrogen) atoms. The largest absolute Gasteiger partial charge is 0.357 e. The highest BCUT2D eigenvalue weighted by molar-refractivity contribution is 6.29. The highest BCUT2D eigenvalue weighted by Crippen LogP contribution is 2.28. The third-order valence-corrected chi connectivity index (χ3v) is 3.87. The lowest BCUT2D eigenvalue weighted by Crippen LogP contribution is -2.35. The van der Waals surface area contributed by atoms with Gasteiger partial charge in [0.1, 0.15) is 30.5 Å². The van der Waals surface area contributed by atoms with Gasteiger partial charge in [-0.3, -0.25) is 10.1 Å². The van der Waals surface area contributed by atoms with Gasteiger partial charge in [0.2, 0.25) is 0 Å². The predicted octanol–water partition coefficient (Wildman–Crippen LogP) is 2.68. The van der Waals surface area contributed by atoms with E-state index >= 15 is 0 Å². The van der Waals surface area contributed by atoms with Crippen LogP contribution in [0.3, 0.4) is 0 Å². The van der Waals surface area contributed by atoms with Crippen LogP contribution in [-0.2, 0) is 13.1 Å². The van der Waals surface area contributed by atoms with E-state index in [1.807, 2.05) is 22.5 Å². The maximum absolute atomic E-state index is 11.3. The topological polar surface area (TPSA) is 63.2 Å². The van der Waals surface area contributed by atoms with E-state index in [9.17, 15) is 10.1 Å². The molecule has 1 aliphatic heterocycles. The first-order valence-corrected chi connectivity index (χ1v) is 6.97. The molecule has 0 amide bonds. The molecule has 1 aliphatic rings. The maximum atomic E-state index is 11.3. The average Bonchev–Trinajstić information content (AvgIpc) is 2.86. The molecule has 116 valence electrons. The van der Waals surface area contributed by atoms with Gasteiger partial charge in [-0.05, 0) is 19.1 Å². The van der Waals surface area contributed by atoms with E-state index in [-0.39, 0.29) is 23.0 Å². The van der Waals surface area contributed by atoms with Gasteiger partial charge < -0.3 is 0 Å². The van der Waals surface area contributed by atoms with Gasteiger partial charge in [0, 0.05) is 17.8 Å². The minimum atomic E-state index is -0.330. The van der Waals surface area contributed by atoms with Gasteiger partial charge in [0.15, 0.2) is 0 Å². The van der Waals surface area contributed by atoms with Crippen molar-refractivity contribution in [3.63, 3.8) is 0 Å². The van der Waals surface area contributed by atoms with Crippen LogP contribution in [0.15, 0.2) is 30.5 Å². The van der Waals surface area contributed by atoms with Gasteiger partial charge in [-0.25, -0.2) is 14.5 Å². The van der Waals surface area contributed by atoms with Crippen LogP contribution < -0.4 is 9.47 Å². The molecule has 3 rings (SSSR count). The van der Waals surface area contributed by atoms with Crippen molar-refractivity contribution in [3.8, 4) is 0 Å². The molecule has 3 heterocycles. The average molecular weight is 342 g/mol. The number of nitrogens with zero attached hydrogens (tertiary/aromatic N) is 4. The number of aromatic nitrogens is 2. The van der Waals surface area contributed by atoms with Gasteiger partial charge in [-0.1, -0.05) is 17.7 Å². The minimum Gasteiger partial charge on any atom is -0.258 e. The van der Waals surface area contributed by atoms with Crippen LogP contribution in [-0.4, -0.2) is 16.5 Å². The molecule has 0 radical (unpaired) electrons. The van der Waals surface area contributed by atoms with Crippen LogP contribution in [0, 0.1) is 17.0 Å². The molecule has 0 fully saturated rings. The Balaban J connectivity index is 0.00000176. The van der Waals surface area contributed by atoms with Crippen LogP contribution in [0.1, 0.15) is 11.3 Å². The molecule has 0 aliphatic carbocycles. The maximum Gasteiger partial charge on any atom is 0.357 e. The first-order valence-electron chi connectivity index (χ1n) is 6.59. The molecular formula is C14H15Cl2N4O2+. The third kappa shape index (κ3) is 2.98. The molecule has 6 nitrogen and oxygen atoms in total. The lowest BCUT2D eigenvalue weighted by Gasteiger charge is -2.10. The lowest BCUT2D eigenvalue weighted by molar-refractivity contribution is -0.679. The number of halogens is 2. The molecule has 0 unspecified atom stereocenters. The standard InChI is InChI=1S/C14H14ClN4O2.ClH/c1-10-2-4-12(19(20)21)14-17(6-7-18(10)14)9-11-3-5-13(15)16-8-11;/h2-5,8H,6-7,9H2,1H3;1H/q+1;. The van der Waals surface area contributed by atoms with Gasteiger partial charge in [-0.15, -0.1) is 12.4 Å². The third-order valence-electron chi connectivity index (χ3n) is 3.64. The van der Waals surface area contributed by atoms with Crippen molar-refractivity contribution < 1.29 is 9.49 Å². The normalized spacial score (nSPS) is 12.7. The lowest BCUT2D eigenvalue weighted by atomic mass is 10.2. The molecule has 2 aromatic rings. The zero-order chi connectivity index (χ0) is 15.0. The number of anilines is 1. The first kappa shape index (κ1) is 16.5. The number of aryl methyl sites for hydroxylation is 1. The summed E-state index contributed by atoms with van der Waals surface area (Å²) in [6.45, 7) is 4.03. The fraction of sp³-hybridized carbons (Fsp3) is 0.286. The van der Waals surface area contributed by atoms with Crippen molar-refractivity contribution in [2.75, 3.05) is 11.4 Å². The number of pyridine rings is 2. The molecule has 2 aromatic heterocycles. The van der Waals surface area contributed by atoms with Crippen molar-refractivity contribution >= 4 is 35.5 Å². The van der Waals surface area contributed by atoms with Gasteiger partial charge in [0.25, 0.3) is 0 Å². The fourth-order valence-corrected chi connectivity index (χ4v) is 2.74. The molecule has 0 saturated heterocycles. The Bertz CT molecular complexity index is 707. The van der Waals surface area contributed by atoms with E-state index in [0.29, 0.717) is 17.5 Å². The summed E-state index contributed by atoms with van der Waals surface area (Å²) in [6, 6.07) is 6.97. The monoisotopic (exact) mass is 341 g/mol. The second kappa shape index (κ2) is 6.46. The Morgan fingerprint density at radius 3 is 2.82 bits per heavy atom. The number of fused-ring (bicyclic) bond motifs is 1. The Morgan fingerprint density at radius 1 is 1.41 bits per heavy atom. The summed E-state index contributed by atoms with van der Waals surface area (Å²) in [5, 5.41) is 11.7. The highest BCUT2D eigenvalue weighted by atomic mass is 35.5. The van der Waals surface area contributed by atoms with Crippen molar-refractivity contribution in [2.24, 2.45) is 0 Å². The number of hydrogen-bond donors (Lipinski definition) is 0. The second-order valence-electron chi connectivity index (χ2n) is 5.00. The van der Waals surface area contributed by atoms with Crippen LogP contribution in [0.25, 0.3) is 0 Å². The molecule has 0 aromatic carbocycles. The van der Waals surface area contributed by atoms with E-state index < -0.39 is 0 Å². The van der Waals surface area contributed by atoms with Crippen molar-refractivity contribution in [1.29, 1.82) is 0 Å². The summed E-state index contributed by atoms with van der Waals surface area (Å²) < 4.78 is 1.99. The van der Waals surface area contributed by atoms with Crippen LogP contribution in [0.5, 0.6) is 0 Å². The molecular weight excluding hydrogens is 327 g/mol. The quantitative estimate of drug-likeness (QED) is 0.372. The molecule has 0 saturated carbocycles. The molecule has 0 spiro atoms. The minimum absolute atomic E-state index is 0. The van der Waals surface area contributed by atoms with E-state index in [2.05, 4.69) is 4.98 Å². The number of nitro groups is 1. The zero-order valence-corrected chi connectivity index (χ0v) is 13.5. The second-order valence-corrected chi connectivity index (χ2v) is 5.39. The molecule has 8 heteroatoms. The molecule has 0 atom stereocenters. The molecule has 0 bridgehead atoms. The summed E-state index contributed by atoms with van der Waals surface area (Å²) in [5.74, 6) is 0.662. The van der Waals surface area contributed by atoms with Crippen LogP contribution in [0.4, 0.5) is 11.5 Å².